The van der Waals surface area contributed by atoms with Crippen molar-refractivity contribution < 1.29 is 4.21 Å². The molecule has 1 heterocycles. The minimum Gasteiger partial charge on any atom is -0.361 e. The van der Waals surface area contributed by atoms with E-state index in [4.69, 9.17) is 0 Å². The van der Waals surface area contributed by atoms with E-state index in [9.17, 15) is 4.21 Å². The molecule has 3 rings (SSSR count). The summed E-state index contributed by atoms with van der Waals surface area (Å²) in [5.41, 5.74) is 2.02. The second-order valence-electron chi connectivity index (χ2n) is 4.20. The number of nitrogens with one attached hydrogen (secondary N) is 1. The molecule has 0 aliphatic rings. The Morgan fingerprint density at radius 3 is 2.56 bits per heavy atom. The van der Waals surface area contributed by atoms with Crippen LogP contribution >= 0.6 is 0 Å². The van der Waals surface area contributed by atoms with E-state index in [0.29, 0.717) is 0 Å². The molecule has 0 amide bonds. The molecule has 3 aromatic rings. The van der Waals surface area contributed by atoms with Gasteiger partial charge in [0, 0.05) is 23.7 Å². The van der Waals surface area contributed by atoms with Crippen molar-refractivity contribution >= 4 is 21.6 Å². The lowest BCUT2D eigenvalue weighted by Crippen LogP contribution is -1.94. The number of fused-ring (bicyclic) bond motifs is 1. The molecule has 3 heteroatoms. The molecule has 0 aliphatic heterocycles. The summed E-state index contributed by atoms with van der Waals surface area (Å²) in [6.45, 7) is 0. The van der Waals surface area contributed by atoms with Crippen molar-refractivity contribution in [2.75, 3.05) is 6.26 Å². The van der Waals surface area contributed by atoms with Crippen molar-refractivity contribution in [2.45, 2.75) is 4.90 Å². The van der Waals surface area contributed by atoms with E-state index in [1.807, 2.05) is 48.7 Å². The largest absolute Gasteiger partial charge is 0.361 e. The molecule has 18 heavy (non-hydrogen) atoms. The first-order valence-electron chi connectivity index (χ1n) is 5.76. The highest BCUT2D eigenvalue weighted by Crippen LogP contribution is 2.31. The van der Waals surface area contributed by atoms with Gasteiger partial charge in [0.15, 0.2) is 0 Å². The lowest BCUT2D eigenvalue weighted by molar-refractivity contribution is 0.687. The van der Waals surface area contributed by atoms with Gasteiger partial charge in [0.25, 0.3) is 0 Å². The van der Waals surface area contributed by atoms with Gasteiger partial charge in [-0.25, -0.2) is 0 Å². The van der Waals surface area contributed by atoms with Gasteiger partial charge in [0.2, 0.25) is 0 Å². The van der Waals surface area contributed by atoms with E-state index < -0.39 is 10.8 Å². The quantitative estimate of drug-likeness (QED) is 0.746. The Morgan fingerprint density at radius 1 is 1.00 bits per heavy atom. The first-order valence-corrected chi connectivity index (χ1v) is 7.32. The fourth-order valence-electron chi connectivity index (χ4n) is 2.26. The second-order valence-corrected chi connectivity index (χ2v) is 5.52. The molecule has 1 unspecified atom stereocenters. The van der Waals surface area contributed by atoms with Crippen molar-refractivity contribution in [1.82, 2.24) is 4.98 Å². The highest BCUT2D eigenvalue weighted by Gasteiger charge is 2.12. The summed E-state index contributed by atoms with van der Waals surface area (Å²) in [6.07, 6.45) is 3.61. The monoisotopic (exact) mass is 255 g/mol. The number of aromatic amines is 1. The van der Waals surface area contributed by atoms with Crippen molar-refractivity contribution in [3.05, 3.63) is 54.7 Å². The molecule has 0 aliphatic carbocycles. The average molecular weight is 255 g/mol. The maximum atomic E-state index is 12.1. The molecule has 2 aromatic carbocycles. The zero-order chi connectivity index (χ0) is 12.5. The highest BCUT2D eigenvalue weighted by molar-refractivity contribution is 7.84. The van der Waals surface area contributed by atoms with Gasteiger partial charge in [0.05, 0.1) is 15.7 Å². The lowest BCUT2D eigenvalue weighted by atomic mass is 10.1. The number of aromatic nitrogens is 1. The van der Waals surface area contributed by atoms with Crippen LogP contribution in [0.15, 0.2) is 59.6 Å². The van der Waals surface area contributed by atoms with Crippen LogP contribution in [0.3, 0.4) is 0 Å². The van der Waals surface area contributed by atoms with Gasteiger partial charge in [-0.15, -0.1) is 0 Å². The van der Waals surface area contributed by atoms with E-state index in [1.165, 1.54) is 0 Å². The number of rotatable bonds is 2. The van der Waals surface area contributed by atoms with E-state index in [-0.39, 0.29) is 0 Å². The maximum absolute atomic E-state index is 12.1. The van der Waals surface area contributed by atoms with Crippen LogP contribution in [0.1, 0.15) is 0 Å². The number of benzene rings is 2. The van der Waals surface area contributed by atoms with Crippen LogP contribution in [0.2, 0.25) is 0 Å². The Bertz CT molecular complexity index is 716. The zero-order valence-electron chi connectivity index (χ0n) is 10.0. The molecular formula is C15H13NOS. The third kappa shape index (κ3) is 1.77. The van der Waals surface area contributed by atoms with E-state index in [2.05, 4.69) is 11.1 Å². The lowest BCUT2D eigenvalue weighted by Gasteiger charge is -2.09. The van der Waals surface area contributed by atoms with Crippen LogP contribution in [0.5, 0.6) is 0 Å². The molecule has 0 bridgehead atoms. The Labute approximate surface area is 108 Å². The topological polar surface area (TPSA) is 32.9 Å². The molecule has 0 saturated heterocycles. The number of H-pyrrole nitrogens is 1. The molecule has 90 valence electrons. The molecular weight excluding hydrogens is 242 g/mol. The molecule has 0 fully saturated rings. The maximum Gasteiger partial charge on any atom is 0.0556 e. The minimum absolute atomic E-state index is 0.899. The zero-order valence-corrected chi connectivity index (χ0v) is 10.8. The predicted molar refractivity (Wildman–Crippen MR) is 76.1 cm³/mol. The molecule has 0 saturated carbocycles. The van der Waals surface area contributed by atoms with E-state index in [0.717, 1.165) is 26.9 Å². The second kappa shape index (κ2) is 4.42. The smallest absolute Gasteiger partial charge is 0.0556 e. The molecule has 1 aromatic heterocycles. The Morgan fingerprint density at radius 2 is 1.83 bits per heavy atom. The third-order valence-electron chi connectivity index (χ3n) is 3.06. The van der Waals surface area contributed by atoms with Crippen molar-refractivity contribution in [3.63, 3.8) is 0 Å². The number of hydrogen-bond acceptors (Lipinski definition) is 1. The predicted octanol–water partition coefficient (Wildman–Crippen LogP) is 3.57. The summed E-state index contributed by atoms with van der Waals surface area (Å²) in [4.78, 5) is 4.08. The summed E-state index contributed by atoms with van der Waals surface area (Å²) >= 11 is 0. The summed E-state index contributed by atoms with van der Waals surface area (Å²) in [5.74, 6) is 0. The number of hydrogen-bond donors (Lipinski definition) is 1. The van der Waals surface area contributed by atoms with Crippen LogP contribution in [0.4, 0.5) is 0 Å². The highest BCUT2D eigenvalue weighted by atomic mass is 32.2. The van der Waals surface area contributed by atoms with Crippen LogP contribution in [0.25, 0.3) is 22.0 Å². The molecule has 0 spiro atoms. The van der Waals surface area contributed by atoms with Crippen molar-refractivity contribution in [1.29, 1.82) is 0 Å². The third-order valence-corrected chi connectivity index (χ3v) is 4.07. The fraction of sp³-hybridized carbons (Fsp3) is 0.0667. The van der Waals surface area contributed by atoms with Gasteiger partial charge in [-0.3, -0.25) is 4.21 Å². The Hall–Kier alpha value is -1.87. The van der Waals surface area contributed by atoms with Gasteiger partial charge < -0.3 is 4.98 Å². The van der Waals surface area contributed by atoms with E-state index in [1.54, 1.807) is 6.26 Å². The summed E-state index contributed by atoms with van der Waals surface area (Å²) in [7, 11) is -1.02. The van der Waals surface area contributed by atoms with Gasteiger partial charge in [-0.1, -0.05) is 36.4 Å². The van der Waals surface area contributed by atoms with Crippen LogP contribution in [-0.4, -0.2) is 15.4 Å². The molecule has 2 nitrogen and oxygen atoms in total. The first kappa shape index (κ1) is 11.2. The van der Waals surface area contributed by atoms with Crippen LogP contribution < -0.4 is 0 Å². The normalized spacial score (nSPS) is 12.7. The summed E-state index contributed by atoms with van der Waals surface area (Å²) in [6, 6.07) is 16.1. The van der Waals surface area contributed by atoms with Crippen molar-refractivity contribution in [3.8, 4) is 11.3 Å². The van der Waals surface area contributed by atoms with Crippen LogP contribution in [-0.2, 0) is 10.8 Å². The molecule has 0 radical (unpaired) electrons. The fourth-order valence-corrected chi connectivity index (χ4v) is 3.25. The van der Waals surface area contributed by atoms with Gasteiger partial charge in [-0.05, 0) is 22.9 Å². The SMILES string of the molecule is CS(=O)c1c(-c2ccc[nH]2)ccc2ccccc12. The summed E-state index contributed by atoms with van der Waals surface area (Å²) in [5, 5.41) is 2.18. The Kier molecular flexibility index (Phi) is 2.76. The van der Waals surface area contributed by atoms with Gasteiger partial charge in [-0.2, -0.15) is 0 Å². The standard InChI is InChI=1S/C15H13NOS/c1-18(17)15-12-6-3-2-5-11(12)8-9-13(15)14-7-4-10-16-14/h2-10,16H,1H3. The minimum atomic E-state index is -1.02. The van der Waals surface area contributed by atoms with E-state index >= 15 is 0 Å². The van der Waals surface area contributed by atoms with Gasteiger partial charge in [0.1, 0.15) is 0 Å². The van der Waals surface area contributed by atoms with Crippen molar-refractivity contribution in [2.24, 2.45) is 0 Å². The summed E-state index contributed by atoms with van der Waals surface area (Å²) < 4.78 is 12.1. The Balaban J connectivity index is 2.39. The van der Waals surface area contributed by atoms with Gasteiger partial charge >= 0.3 is 0 Å². The first-order chi connectivity index (χ1) is 8.77. The molecule has 1 atom stereocenters. The van der Waals surface area contributed by atoms with Crippen LogP contribution in [0, 0.1) is 0 Å². The average Bonchev–Trinajstić information content (AvgIpc) is 2.90. The molecule has 1 N–H and O–H groups in total.